The topological polar surface area (TPSA) is 52.0 Å². The maximum Gasteiger partial charge on any atom is 0.168 e. The first-order valence-corrected chi connectivity index (χ1v) is 8.77. The number of halogens is 1. The van der Waals surface area contributed by atoms with Gasteiger partial charge in [0.2, 0.25) is 0 Å². The molecule has 0 saturated heterocycles. The minimum Gasteiger partial charge on any atom is -0.494 e. The smallest absolute Gasteiger partial charge is 0.168 e. The second-order valence-electron chi connectivity index (χ2n) is 6.12. The quantitative estimate of drug-likeness (QED) is 0.751. The summed E-state index contributed by atoms with van der Waals surface area (Å²) in [6.45, 7) is 5.53. The lowest BCUT2D eigenvalue weighted by Crippen LogP contribution is -2.09. The van der Waals surface area contributed by atoms with Gasteiger partial charge in [0.1, 0.15) is 11.6 Å². The van der Waals surface area contributed by atoms with Crippen LogP contribution in [0.15, 0.2) is 42.5 Å². The third-order valence-electron chi connectivity index (χ3n) is 4.33. The van der Waals surface area contributed by atoms with E-state index in [1.807, 2.05) is 49.4 Å². The predicted octanol–water partition coefficient (Wildman–Crippen LogP) is 4.52. The molecule has 1 aromatic heterocycles. The summed E-state index contributed by atoms with van der Waals surface area (Å²) in [7, 11) is 0. The molecule has 128 valence electrons. The largest absolute Gasteiger partial charge is 0.494 e. The van der Waals surface area contributed by atoms with E-state index in [-0.39, 0.29) is 5.92 Å². The lowest BCUT2D eigenvalue weighted by Gasteiger charge is -2.13. The molecule has 0 unspecified atom stereocenters. The number of rotatable bonds is 3. The number of aromatic nitrogens is 3. The Morgan fingerprint density at radius 3 is 2.96 bits per heavy atom. The molecule has 0 fully saturated rings. The Hall–Kier alpha value is -2.53. The van der Waals surface area contributed by atoms with E-state index in [2.05, 4.69) is 27.0 Å². The highest BCUT2D eigenvalue weighted by atomic mass is 35.5. The van der Waals surface area contributed by atoms with Crippen LogP contribution in [0.4, 0.5) is 5.69 Å². The van der Waals surface area contributed by atoms with E-state index in [1.54, 1.807) is 0 Å². The first-order chi connectivity index (χ1) is 12.2. The van der Waals surface area contributed by atoms with Crippen LogP contribution in [-0.2, 0) is 0 Å². The van der Waals surface area contributed by atoms with Gasteiger partial charge in [-0.25, -0.2) is 0 Å². The average Bonchev–Trinajstić information content (AvgIpc) is 3.00. The number of fused-ring (bicyclic) bond motifs is 3. The van der Waals surface area contributed by atoms with E-state index in [9.17, 15) is 0 Å². The molecular formula is C19H19ClN4O. The number of ether oxygens (including phenoxy) is 1. The molecule has 2 heterocycles. The van der Waals surface area contributed by atoms with Gasteiger partial charge in [-0.2, -0.15) is 0 Å². The molecule has 0 radical (unpaired) electrons. The van der Waals surface area contributed by atoms with Gasteiger partial charge in [0.05, 0.1) is 18.0 Å². The molecule has 0 spiro atoms. The number of nitrogens with one attached hydrogen (secondary N) is 1. The van der Waals surface area contributed by atoms with Crippen molar-refractivity contribution in [2.24, 2.45) is 0 Å². The van der Waals surface area contributed by atoms with Crippen molar-refractivity contribution >= 4 is 17.3 Å². The molecule has 0 saturated carbocycles. The van der Waals surface area contributed by atoms with Crippen molar-refractivity contribution in [1.82, 2.24) is 14.8 Å². The van der Waals surface area contributed by atoms with Crippen LogP contribution < -0.4 is 10.1 Å². The van der Waals surface area contributed by atoms with Gasteiger partial charge >= 0.3 is 0 Å². The fourth-order valence-corrected chi connectivity index (χ4v) is 3.30. The molecule has 25 heavy (non-hydrogen) atoms. The Morgan fingerprint density at radius 2 is 2.12 bits per heavy atom. The highest BCUT2D eigenvalue weighted by molar-refractivity contribution is 6.31. The van der Waals surface area contributed by atoms with Crippen molar-refractivity contribution in [2.75, 3.05) is 18.5 Å². The van der Waals surface area contributed by atoms with E-state index in [1.165, 1.54) is 0 Å². The van der Waals surface area contributed by atoms with Crippen LogP contribution in [0.1, 0.15) is 25.6 Å². The highest BCUT2D eigenvalue weighted by Crippen LogP contribution is 2.35. The summed E-state index contributed by atoms with van der Waals surface area (Å²) in [4.78, 5) is 0. The number of nitrogens with zero attached hydrogens (tertiary/aromatic N) is 3. The SMILES string of the molecule is CCOc1cccc(-c2nnc3n2-c2ccc(Cl)cc2NC[C@H]3C)c1. The van der Waals surface area contributed by atoms with Crippen LogP contribution >= 0.6 is 11.6 Å². The van der Waals surface area contributed by atoms with Gasteiger partial charge in [0.25, 0.3) is 0 Å². The Morgan fingerprint density at radius 1 is 1.24 bits per heavy atom. The van der Waals surface area contributed by atoms with Crippen molar-refractivity contribution in [2.45, 2.75) is 19.8 Å². The van der Waals surface area contributed by atoms with E-state index in [4.69, 9.17) is 16.3 Å². The minimum absolute atomic E-state index is 0.225. The number of anilines is 1. The van der Waals surface area contributed by atoms with Crippen molar-refractivity contribution in [3.05, 3.63) is 53.3 Å². The Labute approximate surface area is 151 Å². The van der Waals surface area contributed by atoms with E-state index in [0.29, 0.717) is 11.6 Å². The van der Waals surface area contributed by atoms with E-state index in [0.717, 1.165) is 40.9 Å². The normalized spacial score (nSPS) is 15.7. The molecule has 1 aliphatic rings. The average molecular weight is 355 g/mol. The molecule has 1 aliphatic heterocycles. The van der Waals surface area contributed by atoms with Crippen LogP contribution in [0.2, 0.25) is 5.02 Å². The van der Waals surface area contributed by atoms with Gasteiger partial charge in [-0.3, -0.25) is 4.57 Å². The fraction of sp³-hybridized carbons (Fsp3) is 0.263. The zero-order valence-electron chi connectivity index (χ0n) is 14.2. The van der Waals surface area contributed by atoms with Crippen LogP contribution in [0.5, 0.6) is 5.75 Å². The maximum atomic E-state index is 6.18. The lowest BCUT2D eigenvalue weighted by molar-refractivity contribution is 0.340. The van der Waals surface area contributed by atoms with Gasteiger partial charge in [-0.15, -0.1) is 10.2 Å². The first kappa shape index (κ1) is 16.0. The monoisotopic (exact) mass is 354 g/mol. The van der Waals surface area contributed by atoms with E-state index >= 15 is 0 Å². The molecular weight excluding hydrogens is 336 g/mol. The molecule has 0 amide bonds. The van der Waals surface area contributed by atoms with Crippen molar-refractivity contribution in [1.29, 1.82) is 0 Å². The first-order valence-electron chi connectivity index (χ1n) is 8.39. The lowest BCUT2D eigenvalue weighted by atomic mass is 10.1. The summed E-state index contributed by atoms with van der Waals surface area (Å²) in [5, 5.41) is 13.1. The summed E-state index contributed by atoms with van der Waals surface area (Å²) < 4.78 is 7.74. The molecule has 5 nitrogen and oxygen atoms in total. The molecule has 6 heteroatoms. The molecule has 2 aromatic carbocycles. The summed E-state index contributed by atoms with van der Waals surface area (Å²) in [6.07, 6.45) is 0. The molecule has 3 aromatic rings. The predicted molar refractivity (Wildman–Crippen MR) is 99.9 cm³/mol. The third kappa shape index (κ3) is 2.85. The summed E-state index contributed by atoms with van der Waals surface area (Å²) in [5.74, 6) is 2.79. The number of hydrogen-bond donors (Lipinski definition) is 1. The molecule has 1 N–H and O–H groups in total. The zero-order chi connectivity index (χ0) is 17.4. The van der Waals surface area contributed by atoms with Crippen LogP contribution in [0, 0.1) is 0 Å². The van der Waals surface area contributed by atoms with Crippen molar-refractivity contribution in [3.63, 3.8) is 0 Å². The van der Waals surface area contributed by atoms with Crippen molar-refractivity contribution < 1.29 is 4.74 Å². The number of hydrogen-bond acceptors (Lipinski definition) is 4. The second kappa shape index (κ2) is 6.41. The standard InChI is InChI=1S/C19H19ClN4O/c1-3-25-15-6-4-5-13(9-15)19-23-22-18-12(2)11-21-16-10-14(20)7-8-17(16)24(18)19/h4-10,12,21H,3,11H2,1-2H3/t12-/m1/s1. The molecule has 0 bridgehead atoms. The van der Waals surface area contributed by atoms with Crippen LogP contribution in [0.3, 0.4) is 0 Å². The Kier molecular flexibility index (Phi) is 4.09. The molecule has 4 rings (SSSR count). The maximum absolute atomic E-state index is 6.18. The molecule has 0 aliphatic carbocycles. The number of benzene rings is 2. The molecule has 1 atom stereocenters. The summed E-state index contributed by atoms with van der Waals surface area (Å²) >= 11 is 6.18. The summed E-state index contributed by atoms with van der Waals surface area (Å²) in [6, 6.07) is 13.8. The fourth-order valence-electron chi connectivity index (χ4n) is 3.13. The van der Waals surface area contributed by atoms with Gasteiger partial charge in [0, 0.05) is 23.0 Å². The van der Waals surface area contributed by atoms with Gasteiger partial charge < -0.3 is 10.1 Å². The van der Waals surface area contributed by atoms with Crippen LogP contribution in [0.25, 0.3) is 17.1 Å². The Bertz CT molecular complexity index is 922. The second-order valence-corrected chi connectivity index (χ2v) is 6.56. The third-order valence-corrected chi connectivity index (χ3v) is 4.57. The zero-order valence-corrected chi connectivity index (χ0v) is 14.9. The van der Waals surface area contributed by atoms with E-state index < -0.39 is 0 Å². The summed E-state index contributed by atoms with van der Waals surface area (Å²) in [5.41, 5.74) is 2.96. The van der Waals surface area contributed by atoms with Gasteiger partial charge in [-0.1, -0.05) is 30.7 Å². The van der Waals surface area contributed by atoms with Crippen molar-refractivity contribution in [3.8, 4) is 22.8 Å². The van der Waals surface area contributed by atoms with Gasteiger partial charge in [-0.05, 0) is 37.3 Å². The van der Waals surface area contributed by atoms with Crippen LogP contribution in [-0.4, -0.2) is 27.9 Å². The Balaban J connectivity index is 1.91. The van der Waals surface area contributed by atoms with Gasteiger partial charge in [0.15, 0.2) is 5.82 Å². The minimum atomic E-state index is 0.225. The highest BCUT2D eigenvalue weighted by Gasteiger charge is 2.25.